The van der Waals surface area contributed by atoms with E-state index in [1.165, 1.54) is 32.1 Å². The number of nitrogens with zero attached hydrogens (tertiary/aromatic N) is 1. The SMILES string of the molecule is CNC1CS(=O)(=O)CCN(CC2CC3CCC(C3)C2)C1=O. The Morgan fingerprint density at radius 1 is 1.19 bits per heavy atom. The van der Waals surface area contributed by atoms with Gasteiger partial charge >= 0.3 is 0 Å². The molecule has 3 rings (SSSR count). The molecule has 6 heteroatoms. The van der Waals surface area contributed by atoms with Gasteiger partial charge in [0.2, 0.25) is 5.91 Å². The average molecular weight is 314 g/mol. The minimum atomic E-state index is -3.12. The highest BCUT2D eigenvalue weighted by atomic mass is 32.2. The first-order valence-corrected chi connectivity index (χ1v) is 9.95. The van der Waals surface area contributed by atoms with Gasteiger partial charge in [0.25, 0.3) is 0 Å². The van der Waals surface area contributed by atoms with Gasteiger partial charge in [-0.25, -0.2) is 8.42 Å². The molecule has 2 bridgehead atoms. The fourth-order valence-corrected chi connectivity index (χ4v) is 5.97. The van der Waals surface area contributed by atoms with Gasteiger partial charge in [-0.05, 0) is 44.1 Å². The van der Waals surface area contributed by atoms with Crippen LogP contribution in [0.4, 0.5) is 0 Å². The summed E-state index contributed by atoms with van der Waals surface area (Å²) in [5, 5.41) is 2.88. The monoisotopic (exact) mass is 314 g/mol. The molecule has 1 amide bonds. The number of hydrogen-bond donors (Lipinski definition) is 1. The standard InChI is InChI=1S/C15H26N2O3S/c1-16-14-10-21(19,20)5-4-17(15(14)18)9-13-7-11-2-3-12(6-11)8-13/h11-14,16H,2-10H2,1H3. The molecule has 21 heavy (non-hydrogen) atoms. The van der Waals surface area contributed by atoms with Gasteiger partial charge in [-0.1, -0.05) is 12.8 Å². The molecule has 0 aromatic rings. The molecule has 2 saturated carbocycles. The molecule has 5 nitrogen and oxygen atoms in total. The van der Waals surface area contributed by atoms with Crippen molar-refractivity contribution >= 4 is 15.7 Å². The lowest BCUT2D eigenvalue weighted by Crippen LogP contribution is -2.48. The number of carbonyl (C=O) groups is 1. The number of nitrogens with one attached hydrogen (secondary N) is 1. The van der Waals surface area contributed by atoms with Crippen LogP contribution in [-0.2, 0) is 14.6 Å². The minimum Gasteiger partial charge on any atom is -0.340 e. The highest BCUT2D eigenvalue weighted by Crippen LogP contribution is 2.44. The van der Waals surface area contributed by atoms with Crippen molar-refractivity contribution in [3.63, 3.8) is 0 Å². The van der Waals surface area contributed by atoms with E-state index >= 15 is 0 Å². The summed E-state index contributed by atoms with van der Waals surface area (Å²) in [5.74, 6) is 2.28. The molecule has 1 heterocycles. The summed E-state index contributed by atoms with van der Waals surface area (Å²) in [6.45, 7) is 1.12. The summed E-state index contributed by atoms with van der Waals surface area (Å²) in [6.07, 6.45) is 6.51. The molecule has 120 valence electrons. The molecular weight excluding hydrogens is 288 g/mol. The van der Waals surface area contributed by atoms with E-state index in [1.54, 1.807) is 11.9 Å². The van der Waals surface area contributed by atoms with E-state index in [4.69, 9.17) is 0 Å². The van der Waals surface area contributed by atoms with Crippen LogP contribution in [0.5, 0.6) is 0 Å². The summed E-state index contributed by atoms with van der Waals surface area (Å²) in [4.78, 5) is 14.3. The Kier molecular flexibility index (Phi) is 4.28. The Bertz CT molecular complexity index is 493. The zero-order valence-electron chi connectivity index (χ0n) is 12.8. The zero-order chi connectivity index (χ0) is 15.0. The summed E-state index contributed by atoms with van der Waals surface area (Å²) in [7, 11) is -1.45. The van der Waals surface area contributed by atoms with E-state index in [9.17, 15) is 13.2 Å². The number of sulfone groups is 1. The fourth-order valence-electron chi connectivity index (χ4n) is 4.48. The Balaban J connectivity index is 1.67. The average Bonchev–Trinajstić information content (AvgIpc) is 2.73. The van der Waals surface area contributed by atoms with Crippen molar-refractivity contribution in [3.8, 4) is 0 Å². The molecule has 3 fully saturated rings. The molecule has 0 radical (unpaired) electrons. The molecular formula is C15H26N2O3S. The van der Waals surface area contributed by atoms with Gasteiger partial charge in [-0.15, -0.1) is 0 Å². The van der Waals surface area contributed by atoms with Crippen molar-refractivity contribution in [2.75, 3.05) is 31.6 Å². The second-order valence-electron chi connectivity index (χ2n) is 7.12. The lowest BCUT2D eigenvalue weighted by Gasteiger charge is -2.33. The van der Waals surface area contributed by atoms with E-state index < -0.39 is 15.9 Å². The Hall–Kier alpha value is -0.620. The first kappa shape index (κ1) is 15.3. The Labute approximate surface area is 127 Å². The molecule has 1 saturated heterocycles. The van der Waals surface area contributed by atoms with Crippen molar-refractivity contribution in [3.05, 3.63) is 0 Å². The van der Waals surface area contributed by atoms with Crippen LogP contribution in [0.3, 0.4) is 0 Å². The van der Waals surface area contributed by atoms with Crippen molar-refractivity contribution in [1.82, 2.24) is 10.2 Å². The predicted molar refractivity (Wildman–Crippen MR) is 81.6 cm³/mol. The maximum absolute atomic E-state index is 12.5. The summed E-state index contributed by atoms with van der Waals surface area (Å²) >= 11 is 0. The van der Waals surface area contributed by atoms with Crippen LogP contribution in [0.15, 0.2) is 0 Å². The highest BCUT2D eigenvalue weighted by molar-refractivity contribution is 7.91. The fraction of sp³-hybridized carbons (Fsp3) is 0.933. The quantitative estimate of drug-likeness (QED) is 0.831. The molecule has 0 aromatic heterocycles. The molecule has 0 spiro atoms. The summed E-state index contributed by atoms with van der Waals surface area (Å²) in [6, 6.07) is -0.571. The first-order chi connectivity index (χ1) is 9.97. The van der Waals surface area contributed by atoms with Crippen LogP contribution in [0.2, 0.25) is 0 Å². The minimum absolute atomic E-state index is 0.0310. The topological polar surface area (TPSA) is 66.5 Å². The Morgan fingerprint density at radius 2 is 1.86 bits per heavy atom. The van der Waals surface area contributed by atoms with E-state index in [0.29, 0.717) is 12.5 Å². The number of fused-ring (bicyclic) bond motifs is 2. The van der Waals surface area contributed by atoms with Crippen molar-refractivity contribution < 1.29 is 13.2 Å². The lowest BCUT2D eigenvalue weighted by atomic mass is 9.81. The van der Waals surface area contributed by atoms with E-state index in [1.807, 2.05) is 0 Å². The zero-order valence-corrected chi connectivity index (χ0v) is 13.6. The van der Waals surface area contributed by atoms with Crippen LogP contribution in [0.1, 0.15) is 32.1 Å². The van der Waals surface area contributed by atoms with E-state index in [-0.39, 0.29) is 17.4 Å². The molecule has 2 aliphatic carbocycles. The smallest absolute Gasteiger partial charge is 0.240 e. The van der Waals surface area contributed by atoms with Gasteiger partial charge in [0.1, 0.15) is 6.04 Å². The van der Waals surface area contributed by atoms with Gasteiger partial charge in [-0.3, -0.25) is 4.79 Å². The number of rotatable bonds is 3. The van der Waals surface area contributed by atoms with Crippen LogP contribution < -0.4 is 5.32 Å². The number of amides is 1. The van der Waals surface area contributed by atoms with Crippen LogP contribution >= 0.6 is 0 Å². The summed E-state index contributed by atoms with van der Waals surface area (Å²) < 4.78 is 23.8. The van der Waals surface area contributed by atoms with Crippen LogP contribution in [0.25, 0.3) is 0 Å². The van der Waals surface area contributed by atoms with Gasteiger partial charge in [0.15, 0.2) is 9.84 Å². The third-order valence-electron chi connectivity index (χ3n) is 5.51. The second kappa shape index (κ2) is 5.88. The van der Waals surface area contributed by atoms with Gasteiger partial charge < -0.3 is 10.2 Å². The maximum atomic E-state index is 12.5. The normalized spacial score (nSPS) is 39.3. The first-order valence-electron chi connectivity index (χ1n) is 8.13. The number of hydrogen-bond acceptors (Lipinski definition) is 4. The van der Waals surface area contributed by atoms with Crippen LogP contribution in [0, 0.1) is 17.8 Å². The van der Waals surface area contributed by atoms with Crippen molar-refractivity contribution in [2.45, 2.75) is 38.1 Å². The molecule has 3 aliphatic rings. The Morgan fingerprint density at radius 3 is 2.48 bits per heavy atom. The molecule has 1 N–H and O–H groups in total. The molecule has 3 unspecified atom stereocenters. The van der Waals surface area contributed by atoms with Crippen molar-refractivity contribution in [1.29, 1.82) is 0 Å². The van der Waals surface area contributed by atoms with Crippen LogP contribution in [-0.4, -0.2) is 56.9 Å². The maximum Gasteiger partial charge on any atom is 0.240 e. The molecule has 0 aromatic carbocycles. The summed E-state index contributed by atoms with van der Waals surface area (Å²) in [5.41, 5.74) is 0. The number of likely N-dealkylation sites (N-methyl/N-ethyl adjacent to an activating group) is 1. The third kappa shape index (κ3) is 3.42. The lowest BCUT2D eigenvalue weighted by molar-refractivity contribution is -0.133. The van der Waals surface area contributed by atoms with Gasteiger partial charge in [-0.2, -0.15) is 0 Å². The number of carbonyl (C=O) groups excluding carboxylic acids is 1. The van der Waals surface area contributed by atoms with Crippen molar-refractivity contribution in [2.24, 2.45) is 17.8 Å². The van der Waals surface area contributed by atoms with E-state index in [0.717, 1.165) is 18.4 Å². The largest absolute Gasteiger partial charge is 0.340 e. The van der Waals surface area contributed by atoms with Gasteiger partial charge in [0, 0.05) is 13.1 Å². The second-order valence-corrected chi connectivity index (χ2v) is 9.35. The molecule has 1 aliphatic heterocycles. The van der Waals surface area contributed by atoms with Gasteiger partial charge in [0.05, 0.1) is 11.5 Å². The van der Waals surface area contributed by atoms with E-state index in [2.05, 4.69) is 5.32 Å². The highest BCUT2D eigenvalue weighted by Gasteiger charge is 2.38. The molecule has 3 atom stereocenters. The third-order valence-corrected chi connectivity index (χ3v) is 7.16. The predicted octanol–water partition coefficient (Wildman–Crippen LogP) is 0.658.